The van der Waals surface area contributed by atoms with Crippen molar-refractivity contribution in [3.05, 3.63) is 23.3 Å². The van der Waals surface area contributed by atoms with Gasteiger partial charge < -0.3 is 5.11 Å². The van der Waals surface area contributed by atoms with E-state index in [1.165, 1.54) is 0 Å². The number of nitrogens with zero attached hydrogens (tertiary/aromatic N) is 2. The maximum Gasteiger partial charge on any atom is 0.131 e. The fourth-order valence-electron chi connectivity index (χ4n) is 1.97. The molecular formula is C10H8N2O. The number of allylic oxidation sites excluding steroid dienone is 2. The molecule has 64 valence electrons. The SMILES string of the molecule is N#CC(C#N)=C1C[C@H]2C=C[C@H]2[C@@H]1O. The molecule has 0 heterocycles. The van der Waals surface area contributed by atoms with E-state index in [2.05, 4.69) is 0 Å². The third-order valence-electron chi connectivity index (χ3n) is 2.80. The highest BCUT2D eigenvalue weighted by atomic mass is 16.3. The maximum atomic E-state index is 9.70. The summed E-state index contributed by atoms with van der Waals surface area (Å²) < 4.78 is 0. The number of aliphatic hydroxyl groups excluding tert-OH is 1. The van der Waals surface area contributed by atoms with Gasteiger partial charge in [0, 0.05) is 5.92 Å². The third kappa shape index (κ3) is 0.983. The average molecular weight is 172 g/mol. The second-order valence-corrected chi connectivity index (χ2v) is 3.40. The van der Waals surface area contributed by atoms with E-state index in [1.807, 2.05) is 24.3 Å². The Balaban J connectivity index is 2.36. The lowest BCUT2D eigenvalue weighted by molar-refractivity contribution is 0.166. The molecule has 3 nitrogen and oxygen atoms in total. The number of aliphatic hydroxyl groups is 1. The van der Waals surface area contributed by atoms with Crippen molar-refractivity contribution in [3.8, 4) is 12.1 Å². The Labute approximate surface area is 76.2 Å². The normalized spacial score (nSPS) is 34.4. The van der Waals surface area contributed by atoms with Crippen LogP contribution in [0.2, 0.25) is 0 Å². The predicted octanol–water partition coefficient (Wildman–Crippen LogP) is 0.897. The molecule has 0 aromatic carbocycles. The molecule has 3 atom stereocenters. The molecule has 1 saturated carbocycles. The lowest BCUT2D eigenvalue weighted by atomic mass is 9.85. The third-order valence-corrected chi connectivity index (χ3v) is 2.80. The lowest BCUT2D eigenvalue weighted by Crippen LogP contribution is -2.22. The molecule has 0 radical (unpaired) electrons. The van der Waals surface area contributed by atoms with Crippen molar-refractivity contribution in [2.24, 2.45) is 11.8 Å². The summed E-state index contributed by atoms with van der Waals surface area (Å²) in [5.41, 5.74) is 0.703. The van der Waals surface area contributed by atoms with Gasteiger partial charge in [-0.05, 0) is 17.9 Å². The summed E-state index contributed by atoms with van der Waals surface area (Å²) in [4.78, 5) is 0. The van der Waals surface area contributed by atoms with Crippen molar-refractivity contribution in [1.82, 2.24) is 0 Å². The molecule has 0 aromatic rings. The molecule has 0 amide bonds. The zero-order valence-corrected chi connectivity index (χ0v) is 6.94. The minimum absolute atomic E-state index is 0.0868. The first-order valence-corrected chi connectivity index (χ1v) is 4.17. The molecule has 2 rings (SSSR count). The van der Waals surface area contributed by atoms with Gasteiger partial charge in [0.15, 0.2) is 0 Å². The smallest absolute Gasteiger partial charge is 0.131 e. The van der Waals surface area contributed by atoms with Crippen LogP contribution in [-0.4, -0.2) is 11.2 Å². The van der Waals surface area contributed by atoms with Gasteiger partial charge in [-0.1, -0.05) is 12.2 Å². The predicted molar refractivity (Wildman–Crippen MR) is 45.0 cm³/mol. The Bertz CT molecular complexity index is 365. The van der Waals surface area contributed by atoms with Crippen LogP contribution in [0.1, 0.15) is 6.42 Å². The molecule has 0 aliphatic heterocycles. The number of fused-ring (bicyclic) bond motifs is 1. The highest BCUT2D eigenvalue weighted by Crippen LogP contribution is 2.44. The van der Waals surface area contributed by atoms with Crippen molar-refractivity contribution in [3.63, 3.8) is 0 Å². The van der Waals surface area contributed by atoms with Gasteiger partial charge in [-0.3, -0.25) is 0 Å². The first-order valence-electron chi connectivity index (χ1n) is 4.17. The molecule has 0 bridgehead atoms. The van der Waals surface area contributed by atoms with Crippen LogP contribution in [0, 0.1) is 34.5 Å². The Morgan fingerprint density at radius 3 is 2.38 bits per heavy atom. The van der Waals surface area contributed by atoms with Gasteiger partial charge >= 0.3 is 0 Å². The molecule has 1 N–H and O–H groups in total. The van der Waals surface area contributed by atoms with Gasteiger partial charge in [0.25, 0.3) is 0 Å². The molecule has 0 aromatic heterocycles. The molecule has 0 saturated heterocycles. The first-order chi connectivity index (χ1) is 6.27. The summed E-state index contributed by atoms with van der Waals surface area (Å²) in [7, 11) is 0. The van der Waals surface area contributed by atoms with E-state index in [1.54, 1.807) is 0 Å². The second-order valence-electron chi connectivity index (χ2n) is 3.40. The zero-order valence-electron chi connectivity index (χ0n) is 6.94. The van der Waals surface area contributed by atoms with Crippen LogP contribution in [0.4, 0.5) is 0 Å². The van der Waals surface area contributed by atoms with Crippen molar-refractivity contribution in [1.29, 1.82) is 10.5 Å². The van der Waals surface area contributed by atoms with E-state index in [9.17, 15) is 5.11 Å². The Morgan fingerprint density at radius 2 is 2.08 bits per heavy atom. The Hall–Kier alpha value is -1.58. The summed E-state index contributed by atoms with van der Waals surface area (Å²) in [5.74, 6) is 0.494. The van der Waals surface area contributed by atoms with Crippen LogP contribution in [0.5, 0.6) is 0 Å². The molecule has 1 fully saturated rings. The van der Waals surface area contributed by atoms with E-state index in [0.29, 0.717) is 17.9 Å². The monoisotopic (exact) mass is 172 g/mol. The summed E-state index contributed by atoms with van der Waals surface area (Å²) in [5, 5.41) is 27.0. The number of hydrogen-bond acceptors (Lipinski definition) is 3. The number of rotatable bonds is 0. The van der Waals surface area contributed by atoms with Crippen LogP contribution in [0.25, 0.3) is 0 Å². The van der Waals surface area contributed by atoms with E-state index in [4.69, 9.17) is 10.5 Å². The molecule has 2 aliphatic rings. The number of nitriles is 2. The van der Waals surface area contributed by atoms with Gasteiger partial charge in [-0.15, -0.1) is 0 Å². The molecule has 2 aliphatic carbocycles. The van der Waals surface area contributed by atoms with Crippen molar-refractivity contribution in [2.45, 2.75) is 12.5 Å². The molecular weight excluding hydrogens is 164 g/mol. The first kappa shape index (κ1) is 8.04. The molecule has 3 heteroatoms. The Kier molecular flexibility index (Phi) is 1.69. The van der Waals surface area contributed by atoms with Crippen LogP contribution >= 0.6 is 0 Å². The van der Waals surface area contributed by atoms with Gasteiger partial charge in [-0.2, -0.15) is 10.5 Å². The molecule has 13 heavy (non-hydrogen) atoms. The quantitative estimate of drug-likeness (QED) is 0.436. The zero-order chi connectivity index (χ0) is 9.42. The summed E-state index contributed by atoms with van der Waals surface area (Å²) >= 11 is 0. The largest absolute Gasteiger partial charge is 0.388 e. The molecule has 0 spiro atoms. The lowest BCUT2D eigenvalue weighted by Gasteiger charge is -2.22. The average Bonchev–Trinajstić information content (AvgIpc) is 2.28. The van der Waals surface area contributed by atoms with Gasteiger partial charge in [0.1, 0.15) is 17.7 Å². The highest BCUT2D eigenvalue weighted by Gasteiger charge is 2.41. The topological polar surface area (TPSA) is 67.8 Å². The Morgan fingerprint density at radius 1 is 1.38 bits per heavy atom. The van der Waals surface area contributed by atoms with Crippen molar-refractivity contribution in [2.75, 3.05) is 0 Å². The van der Waals surface area contributed by atoms with E-state index < -0.39 is 6.10 Å². The van der Waals surface area contributed by atoms with Gasteiger partial charge in [0.2, 0.25) is 0 Å². The second kappa shape index (κ2) is 2.73. The fraction of sp³-hybridized carbons (Fsp3) is 0.400. The van der Waals surface area contributed by atoms with Crippen molar-refractivity contribution < 1.29 is 5.11 Å². The fourth-order valence-corrected chi connectivity index (χ4v) is 1.97. The minimum atomic E-state index is -0.607. The van der Waals surface area contributed by atoms with Crippen LogP contribution in [0.15, 0.2) is 23.3 Å². The standard InChI is InChI=1S/C10H8N2O/c11-4-7(5-12)9-3-6-1-2-8(6)10(9)13/h1-2,6,8,10,13H,3H2/t6-,8-,10+/m1/s1. The van der Waals surface area contributed by atoms with Gasteiger partial charge in [0.05, 0.1) is 6.10 Å². The van der Waals surface area contributed by atoms with Crippen molar-refractivity contribution >= 4 is 0 Å². The summed E-state index contributed by atoms with van der Waals surface area (Å²) in [6.45, 7) is 0. The van der Waals surface area contributed by atoms with Gasteiger partial charge in [-0.25, -0.2) is 0 Å². The summed E-state index contributed by atoms with van der Waals surface area (Å²) in [6.07, 6.45) is 4.02. The summed E-state index contributed by atoms with van der Waals surface area (Å²) in [6, 6.07) is 3.65. The highest BCUT2D eigenvalue weighted by molar-refractivity contribution is 5.46. The van der Waals surface area contributed by atoms with E-state index in [0.717, 1.165) is 0 Å². The van der Waals surface area contributed by atoms with E-state index in [-0.39, 0.29) is 11.5 Å². The molecule has 0 unspecified atom stereocenters. The van der Waals surface area contributed by atoms with Crippen LogP contribution < -0.4 is 0 Å². The number of hydrogen-bond donors (Lipinski definition) is 1. The van der Waals surface area contributed by atoms with Crippen LogP contribution in [-0.2, 0) is 0 Å². The van der Waals surface area contributed by atoms with E-state index >= 15 is 0 Å². The van der Waals surface area contributed by atoms with Crippen LogP contribution in [0.3, 0.4) is 0 Å². The minimum Gasteiger partial charge on any atom is -0.388 e. The maximum absolute atomic E-state index is 9.70.